The summed E-state index contributed by atoms with van der Waals surface area (Å²) in [5.74, 6) is 2.45. The van der Waals surface area contributed by atoms with Crippen molar-refractivity contribution >= 4 is 37.3 Å². The van der Waals surface area contributed by atoms with E-state index in [-0.39, 0.29) is 21.9 Å². The Labute approximate surface area is 153 Å². The standard InChI is InChI=1S/C17H13N3O4S2/c1-3-10-19-15-9-6-13(20(21)22)11-16(15)25-17(19)18-26(23,24)14-7-4-12(2)5-8-14/h1,4-9,11H,10H2,2H3/b18-17-. The molecule has 0 N–H and O–H groups in total. The van der Waals surface area contributed by atoms with Crippen LogP contribution in [0.25, 0.3) is 10.2 Å². The van der Waals surface area contributed by atoms with E-state index in [0.29, 0.717) is 10.2 Å². The van der Waals surface area contributed by atoms with E-state index in [0.717, 1.165) is 16.9 Å². The van der Waals surface area contributed by atoms with Crippen molar-refractivity contribution in [3.05, 3.63) is 62.9 Å². The Balaban J connectivity index is 2.24. The van der Waals surface area contributed by atoms with Crippen molar-refractivity contribution in [3.8, 4) is 12.3 Å². The lowest BCUT2D eigenvalue weighted by atomic mass is 10.2. The molecule has 1 aromatic heterocycles. The highest BCUT2D eigenvalue weighted by molar-refractivity contribution is 7.90. The maximum atomic E-state index is 12.6. The summed E-state index contributed by atoms with van der Waals surface area (Å²) in [6, 6.07) is 10.6. The topological polar surface area (TPSA) is 94.6 Å². The average molecular weight is 387 g/mol. The minimum absolute atomic E-state index is 0.0683. The molecule has 0 saturated carbocycles. The van der Waals surface area contributed by atoms with Gasteiger partial charge in [0.15, 0.2) is 0 Å². The number of fused-ring (bicyclic) bond motifs is 1. The molecule has 0 radical (unpaired) electrons. The monoisotopic (exact) mass is 387 g/mol. The van der Waals surface area contributed by atoms with Crippen LogP contribution in [0.4, 0.5) is 5.69 Å². The lowest BCUT2D eigenvalue weighted by Gasteiger charge is -2.01. The molecule has 26 heavy (non-hydrogen) atoms. The van der Waals surface area contributed by atoms with Gasteiger partial charge in [-0.1, -0.05) is 35.0 Å². The summed E-state index contributed by atoms with van der Waals surface area (Å²) in [4.78, 5) is 10.7. The van der Waals surface area contributed by atoms with Crippen LogP contribution >= 0.6 is 11.3 Å². The summed E-state index contributed by atoms with van der Waals surface area (Å²) < 4.78 is 31.2. The zero-order valence-electron chi connectivity index (χ0n) is 13.6. The maximum absolute atomic E-state index is 12.6. The van der Waals surface area contributed by atoms with Crippen LogP contribution in [0.15, 0.2) is 51.8 Å². The van der Waals surface area contributed by atoms with Crippen LogP contribution in [-0.2, 0) is 16.6 Å². The highest BCUT2D eigenvalue weighted by Gasteiger charge is 2.16. The highest BCUT2D eigenvalue weighted by Crippen LogP contribution is 2.23. The van der Waals surface area contributed by atoms with E-state index in [4.69, 9.17) is 6.42 Å². The first-order valence-corrected chi connectivity index (χ1v) is 9.66. The number of sulfonamides is 1. The molecule has 0 aliphatic rings. The number of terminal acetylenes is 1. The van der Waals surface area contributed by atoms with Crippen molar-refractivity contribution in [2.24, 2.45) is 4.40 Å². The molecule has 1 heterocycles. The van der Waals surface area contributed by atoms with E-state index in [1.165, 1.54) is 24.3 Å². The molecule has 0 saturated heterocycles. The second kappa shape index (κ2) is 6.74. The van der Waals surface area contributed by atoms with E-state index >= 15 is 0 Å². The molecule has 3 aromatic rings. The molecule has 2 aromatic carbocycles. The molecule has 0 bridgehead atoms. The molecule has 0 aliphatic heterocycles. The van der Waals surface area contributed by atoms with E-state index in [1.54, 1.807) is 22.8 Å². The molecule has 9 heteroatoms. The summed E-state index contributed by atoms with van der Waals surface area (Å²) >= 11 is 1.04. The fourth-order valence-corrected chi connectivity index (χ4v) is 4.62. The molecule has 3 rings (SSSR count). The highest BCUT2D eigenvalue weighted by atomic mass is 32.2. The molecule has 0 unspecified atom stereocenters. The summed E-state index contributed by atoms with van der Waals surface area (Å²) in [7, 11) is -3.93. The summed E-state index contributed by atoms with van der Waals surface area (Å²) in [5, 5.41) is 11.0. The van der Waals surface area contributed by atoms with Gasteiger partial charge in [0.25, 0.3) is 15.7 Å². The summed E-state index contributed by atoms with van der Waals surface area (Å²) in [6.07, 6.45) is 5.38. The van der Waals surface area contributed by atoms with Crippen molar-refractivity contribution in [2.75, 3.05) is 0 Å². The van der Waals surface area contributed by atoms with Gasteiger partial charge in [-0.25, -0.2) is 0 Å². The van der Waals surface area contributed by atoms with Crippen molar-refractivity contribution in [3.63, 3.8) is 0 Å². The van der Waals surface area contributed by atoms with E-state index in [1.807, 2.05) is 6.92 Å². The van der Waals surface area contributed by atoms with Crippen LogP contribution in [-0.4, -0.2) is 17.9 Å². The number of rotatable bonds is 4. The predicted octanol–water partition coefficient (Wildman–Crippen LogP) is 2.84. The summed E-state index contributed by atoms with van der Waals surface area (Å²) in [6.45, 7) is 1.95. The smallest absolute Gasteiger partial charge is 0.285 e. The number of thiazole rings is 1. The maximum Gasteiger partial charge on any atom is 0.285 e. The Bertz CT molecular complexity index is 1210. The normalized spacial score (nSPS) is 12.2. The number of aromatic nitrogens is 1. The number of aryl methyl sites for hydroxylation is 1. The fourth-order valence-electron chi connectivity index (χ4n) is 2.36. The van der Waals surface area contributed by atoms with Crippen LogP contribution < -0.4 is 4.80 Å². The Kier molecular flexibility index (Phi) is 4.63. The van der Waals surface area contributed by atoms with Gasteiger partial charge in [-0.15, -0.1) is 10.8 Å². The van der Waals surface area contributed by atoms with Crippen molar-refractivity contribution in [1.29, 1.82) is 0 Å². The molecule has 0 atom stereocenters. The van der Waals surface area contributed by atoms with Crippen molar-refractivity contribution < 1.29 is 13.3 Å². The Hall–Kier alpha value is -2.96. The van der Waals surface area contributed by atoms with Crippen LogP contribution in [0.5, 0.6) is 0 Å². The number of hydrogen-bond acceptors (Lipinski definition) is 5. The molecular formula is C17H13N3O4S2. The predicted molar refractivity (Wildman–Crippen MR) is 99.2 cm³/mol. The molecule has 0 spiro atoms. The lowest BCUT2D eigenvalue weighted by Crippen LogP contribution is -2.16. The fraction of sp³-hybridized carbons (Fsp3) is 0.118. The van der Waals surface area contributed by atoms with Crippen LogP contribution in [0, 0.1) is 29.4 Å². The summed E-state index contributed by atoms with van der Waals surface area (Å²) in [5.41, 5.74) is 1.44. The number of non-ortho nitro benzene ring substituents is 1. The molecule has 0 amide bonds. The van der Waals surface area contributed by atoms with E-state index < -0.39 is 14.9 Å². The molecule has 7 nitrogen and oxygen atoms in total. The lowest BCUT2D eigenvalue weighted by molar-refractivity contribution is -0.384. The third-order valence-electron chi connectivity index (χ3n) is 3.64. The van der Waals surface area contributed by atoms with Gasteiger partial charge in [0.2, 0.25) is 4.80 Å². The Morgan fingerprint density at radius 3 is 2.58 bits per heavy atom. The first kappa shape index (κ1) is 17.8. The first-order valence-electron chi connectivity index (χ1n) is 7.41. The zero-order chi connectivity index (χ0) is 18.9. The third kappa shape index (κ3) is 3.37. The number of nitro benzene ring substituents is 1. The van der Waals surface area contributed by atoms with Crippen molar-refractivity contribution in [2.45, 2.75) is 18.4 Å². The van der Waals surface area contributed by atoms with Crippen LogP contribution in [0.1, 0.15) is 5.56 Å². The molecule has 132 valence electrons. The first-order chi connectivity index (χ1) is 12.3. The largest absolute Gasteiger partial charge is 0.304 e. The Morgan fingerprint density at radius 2 is 1.96 bits per heavy atom. The molecule has 0 aliphatic carbocycles. The minimum Gasteiger partial charge on any atom is -0.304 e. The van der Waals surface area contributed by atoms with Gasteiger partial charge in [-0.3, -0.25) is 10.1 Å². The van der Waals surface area contributed by atoms with Crippen LogP contribution in [0.2, 0.25) is 0 Å². The van der Waals surface area contributed by atoms with Gasteiger partial charge < -0.3 is 4.57 Å². The molecular weight excluding hydrogens is 374 g/mol. The minimum atomic E-state index is -3.93. The SMILES string of the molecule is C#CCn1/c(=N/S(=O)(=O)c2ccc(C)cc2)sc2cc([N+](=O)[O-])ccc21. The van der Waals surface area contributed by atoms with Gasteiger partial charge in [0.05, 0.1) is 26.6 Å². The van der Waals surface area contributed by atoms with Gasteiger partial charge in [0, 0.05) is 12.1 Å². The third-order valence-corrected chi connectivity index (χ3v) is 6.08. The average Bonchev–Trinajstić information content (AvgIpc) is 2.91. The number of benzene rings is 2. The molecule has 0 fully saturated rings. The van der Waals surface area contributed by atoms with Gasteiger partial charge >= 0.3 is 0 Å². The number of nitrogens with zero attached hydrogens (tertiary/aromatic N) is 3. The zero-order valence-corrected chi connectivity index (χ0v) is 15.3. The van der Waals surface area contributed by atoms with E-state index in [9.17, 15) is 18.5 Å². The number of nitro groups is 1. The Morgan fingerprint density at radius 1 is 1.27 bits per heavy atom. The quantitative estimate of drug-likeness (QED) is 0.391. The second-order valence-corrected chi connectivity index (χ2v) is 8.08. The van der Waals surface area contributed by atoms with Crippen LogP contribution in [0.3, 0.4) is 0 Å². The second-order valence-electron chi connectivity index (χ2n) is 5.46. The van der Waals surface area contributed by atoms with Crippen molar-refractivity contribution in [1.82, 2.24) is 4.57 Å². The number of hydrogen-bond donors (Lipinski definition) is 0. The van der Waals surface area contributed by atoms with Gasteiger partial charge in [-0.05, 0) is 25.1 Å². The van der Waals surface area contributed by atoms with E-state index in [2.05, 4.69) is 10.3 Å². The van der Waals surface area contributed by atoms with Gasteiger partial charge in [0.1, 0.15) is 0 Å². The van der Waals surface area contributed by atoms with Gasteiger partial charge in [-0.2, -0.15) is 8.42 Å².